The Hall–Kier alpha value is -2.99. The van der Waals surface area contributed by atoms with E-state index >= 15 is 0 Å². The van der Waals surface area contributed by atoms with Gasteiger partial charge in [0.2, 0.25) is 11.8 Å². The van der Waals surface area contributed by atoms with Crippen LogP contribution in [0.25, 0.3) is 11.5 Å². The van der Waals surface area contributed by atoms with E-state index in [1.807, 2.05) is 54.6 Å². The number of piperazine rings is 1. The molecule has 1 saturated heterocycles. The lowest BCUT2D eigenvalue weighted by molar-refractivity contribution is 0.101. The molecule has 27 heavy (non-hydrogen) atoms. The van der Waals surface area contributed by atoms with E-state index in [4.69, 9.17) is 4.42 Å². The third-order valence-electron chi connectivity index (χ3n) is 4.86. The first-order valence-electron chi connectivity index (χ1n) is 9.15. The fourth-order valence-electron chi connectivity index (χ4n) is 3.28. The maximum atomic E-state index is 11.4. The Morgan fingerprint density at radius 3 is 2.33 bits per heavy atom. The second-order valence-corrected chi connectivity index (χ2v) is 6.73. The molecule has 0 N–H and O–H groups in total. The van der Waals surface area contributed by atoms with E-state index in [2.05, 4.69) is 20.0 Å². The third kappa shape index (κ3) is 4.06. The predicted octanol–water partition coefficient (Wildman–Crippen LogP) is 3.26. The van der Waals surface area contributed by atoms with E-state index in [1.165, 1.54) is 0 Å². The molecule has 1 aliphatic rings. The Balaban J connectivity index is 1.33. The zero-order valence-electron chi connectivity index (χ0n) is 15.3. The monoisotopic (exact) mass is 362 g/mol. The number of carbonyl (C=O) groups excluding carboxylic acids is 1. The Bertz CT molecular complexity index is 897. The molecule has 1 aliphatic heterocycles. The van der Waals surface area contributed by atoms with Crippen LogP contribution in [0.5, 0.6) is 0 Å². The molecular formula is C21H22N4O2. The molecule has 2 aromatic carbocycles. The van der Waals surface area contributed by atoms with Crippen LogP contribution >= 0.6 is 0 Å². The Labute approximate surface area is 158 Å². The molecule has 0 aliphatic carbocycles. The van der Waals surface area contributed by atoms with Crippen molar-refractivity contribution < 1.29 is 9.21 Å². The molecule has 0 amide bonds. The van der Waals surface area contributed by atoms with Gasteiger partial charge < -0.3 is 9.32 Å². The summed E-state index contributed by atoms with van der Waals surface area (Å²) in [7, 11) is 0. The van der Waals surface area contributed by atoms with Crippen LogP contribution in [-0.2, 0) is 6.54 Å². The maximum Gasteiger partial charge on any atom is 0.247 e. The van der Waals surface area contributed by atoms with Crippen molar-refractivity contribution >= 4 is 11.5 Å². The summed E-state index contributed by atoms with van der Waals surface area (Å²) < 4.78 is 5.81. The summed E-state index contributed by atoms with van der Waals surface area (Å²) in [6, 6.07) is 17.7. The van der Waals surface area contributed by atoms with E-state index in [0.717, 1.165) is 43.0 Å². The number of rotatable bonds is 5. The zero-order chi connectivity index (χ0) is 18.6. The molecule has 0 saturated carbocycles. The van der Waals surface area contributed by atoms with Crippen LogP contribution in [0.1, 0.15) is 23.2 Å². The van der Waals surface area contributed by atoms with Crippen molar-refractivity contribution in [3.8, 4) is 11.5 Å². The van der Waals surface area contributed by atoms with Gasteiger partial charge >= 0.3 is 0 Å². The number of hydrogen-bond donors (Lipinski definition) is 0. The lowest BCUT2D eigenvalue weighted by atomic mass is 10.1. The molecule has 1 fully saturated rings. The number of Topliss-reactive ketones (excluding diaryl/α,β-unsaturated/α-hetero) is 1. The quantitative estimate of drug-likeness (QED) is 0.649. The van der Waals surface area contributed by atoms with Crippen molar-refractivity contribution in [1.82, 2.24) is 15.1 Å². The average molecular weight is 362 g/mol. The largest absolute Gasteiger partial charge is 0.419 e. The van der Waals surface area contributed by atoms with Gasteiger partial charge in [-0.1, -0.05) is 18.2 Å². The van der Waals surface area contributed by atoms with Crippen molar-refractivity contribution in [2.45, 2.75) is 13.5 Å². The highest BCUT2D eigenvalue weighted by Gasteiger charge is 2.19. The topological polar surface area (TPSA) is 62.5 Å². The van der Waals surface area contributed by atoms with E-state index in [-0.39, 0.29) is 5.78 Å². The number of nitrogens with zero attached hydrogens (tertiary/aromatic N) is 4. The molecule has 6 heteroatoms. The summed E-state index contributed by atoms with van der Waals surface area (Å²) in [5.41, 5.74) is 2.85. The van der Waals surface area contributed by atoms with Gasteiger partial charge in [-0.25, -0.2) is 0 Å². The fraction of sp³-hybridized carbons (Fsp3) is 0.286. The highest BCUT2D eigenvalue weighted by atomic mass is 16.4. The van der Waals surface area contributed by atoms with Crippen molar-refractivity contribution in [1.29, 1.82) is 0 Å². The van der Waals surface area contributed by atoms with Crippen molar-refractivity contribution in [3.63, 3.8) is 0 Å². The molecular weight excluding hydrogens is 340 g/mol. The minimum atomic E-state index is 0.0980. The van der Waals surface area contributed by atoms with E-state index in [0.29, 0.717) is 18.3 Å². The molecule has 0 radical (unpaired) electrons. The van der Waals surface area contributed by atoms with Gasteiger partial charge in [0.1, 0.15) is 0 Å². The summed E-state index contributed by atoms with van der Waals surface area (Å²) in [6.45, 7) is 5.97. The Morgan fingerprint density at radius 1 is 0.963 bits per heavy atom. The third-order valence-corrected chi connectivity index (χ3v) is 4.86. The molecule has 2 heterocycles. The predicted molar refractivity (Wildman–Crippen MR) is 104 cm³/mol. The van der Waals surface area contributed by atoms with Crippen molar-refractivity contribution in [3.05, 3.63) is 66.1 Å². The van der Waals surface area contributed by atoms with Crippen LogP contribution in [0, 0.1) is 0 Å². The molecule has 1 aromatic heterocycles. The van der Waals surface area contributed by atoms with Crippen LogP contribution in [0.3, 0.4) is 0 Å². The van der Waals surface area contributed by atoms with Gasteiger partial charge in [-0.05, 0) is 43.3 Å². The van der Waals surface area contributed by atoms with Gasteiger partial charge in [-0.2, -0.15) is 0 Å². The first kappa shape index (κ1) is 17.4. The normalized spacial score (nSPS) is 15.1. The van der Waals surface area contributed by atoms with Gasteiger partial charge in [0.15, 0.2) is 5.78 Å². The minimum absolute atomic E-state index is 0.0980. The summed E-state index contributed by atoms with van der Waals surface area (Å²) in [5.74, 6) is 1.31. The number of carbonyl (C=O) groups is 1. The second-order valence-electron chi connectivity index (χ2n) is 6.73. The van der Waals surface area contributed by atoms with Crippen molar-refractivity contribution in [2.75, 3.05) is 31.1 Å². The van der Waals surface area contributed by atoms with Gasteiger partial charge in [0.25, 0.3) is 0 Å². The summed E-state index contributed by atoms with van der Waals surface area (Å²) in [6.07, 6.45) is 0. The van der Waals surface area contributed by atoms with Crippen LogP contribution in [0.4, 0.5) is 5.69 Å². The fourth-order valence-corrected chi connectivity index (χ4v) is 3.28. The highest BCUT2D eigenvalue weighted by Crippen LogP contribution is 2.20. The molecule has 3 aromatic rings. The summed E-state index contributed by atoms with van der Waals surface area (Å²) in [5, 5.41) is 8.34. The van der Waals surface area contributed by atoms with Gasteiger partial charge in [0.05, 0.1) is 6.54 Å². The van der Waals surface area contributed by atoms with Gasteiger partial charge in [-0.15, -0.1) is 10.2 Å². The number of benzene rings is 2. The van der Waals surface area contributed by atoms with E-state index in [9.17, 15) is 4.79 Å². The van der Waals surface area contributed by atoms with Crippen LogP contribution in [-0.4, -0.2) is 47.1 Å². The lowest BCUT2D eigenvalue weighted by Crippen LogP contribution is -2.46. The number of anilines is 1. The number of aromatic nitrogens is 2. The minimum Gasteiger partial charge on any atom is -0.419 e. The number of ketones is 1. The van der Waals surface area contributed by atoms with Gasteiger partial charge in [-0.3, -0.25) is 9.69 Å². The second kappa shape index (κ2) is 7.72. The average Bonchev–Trinajstić information content (AvgIpc) is 3.18. The molecule has 0 unspecified atom stereocenters. The lowest BCUT2D eigenvalue weighted by Gasteiger charge is -2.35. The molecule has 6 nitrogen and oxygen atoms in total. The van der Waals surface area contributed by atoms with Crippen molar-refractivity contribution in [2.24, 2.45) is 0 Å². The Kier molecular flexibility index (Phi) is 4.98. The van der Waals surface area contributed by atoms with Crippen LogP contribution in [0.15, 0.2) is 59.0 Å². The Morgan fingerprint density at radius 2 is 1.67 bits per heavy atom. The zero-order valence-corrected chi connectivity index (χ0v) is 15.3. The highest BCUT2D eigenvalue weighted by molar-refractivity contribution is 5.94. The molecule has 0 bridgehead atoms. The summed E-state index contributed by atoms with van der Waals surface area (Å²) in [4.78, 5) is 16.1. The van der Waals surface area contributed by atoms with Crippen LogP contribution in [0.2, 0.25) is 0 Å². The smallest absolute Gasteiger partial charge is 0.247 e. The SMILES string of the molecule is CC(=O)c1ccc(N2CCN(Cc3nnc(-c4ccccc4)o3)CC2)cc1. The summed E-state index contributed by atoms with van der Waals surface area (Å²) >= 11 is 0. The molecule has 0 spiro atoms. The maximum absolute atomic E-state index is 11.4. The van der Waals surface area contributed by atoms with E-state index < -0.39 is 0 Å². The molecule has 4 rings (SSSR count). The van der Waals surface area contributed by atoms with Gasteiger partial charge in [0, 0.05) is 43.0 Å². The standard InChI is InChI=1S/C21H22N4O2/c1-16(26)17-7-9-19(10-8-17)25-13-11-24(12-14-25)15-20-22-23-21(27-20)18-5-3-2-4-6-18/h2-10H,11-15H2,1H3. The molecule has 138 valence electrons. The van der Waals surface area contributed by atoms with E-state index in [1.54, 1.807) is 6.92 Å². The first-order valence-corrected chi connectivity index (χ1v) is 9.15. The van der Waals surface area contributed by atoms with Crippen LogP contribution < -0.4 is 4.90 Å². The molecule has 0 atom stereocenters. The first-order chi connectivity index (χ1) is 13.2. The number of hydrogen-bond acceptors (Lipinski definition) is 6.